The van der Waals surface area contributed by atoms with Crippen LogP contribution in [-0.2, 0) is 0 Å². The van der Waals surface area contributed by atoms with Gasteiger partial charge in [-0.2, -0.15) is 0 Å². The van der Waals surface area contributed by atoms with E-state index in [0.717, 1.165) is 12.1 Å². The SMILES string of the molecule is CC(C)N(CCO)CCC(O)c1ccccc1. The summed E-state index contributed by atoms with van der Waals surface area (Å²) in [5.74, 6) is 0. The molecule has 2 N–H and O–H groups in total. The van der Waals surface area contributed by atoms with Gasteiger partial charge in [0.1, 0.15) is 0 Å². The highest BCUT2D eigenvalue weighted by Crippen LogP contribution is 2.16. The molecule has 1 rings (SSSR count). The Balaban J connectivity index is 2.43. The van der Waals surface area contributed by atoms with Crippen LogP contribution >= 0.6 is 0 Å². The highest BCUT2D eigenvalue weighted by Gasteiger charge is 2.12. The molecule has 1 aromatic rings. The Morgan fingerprint density at radius 1 is 1.12 bits per heavy atom. The average molecular weight is 237 g/mol. The first kappa shape index (κ1) is 14.2. The summed E-state index contributed by atoms with van der Waals surface area (Å²) in [4.78, 5) is 2.17. The van der Waals surface area contributed by atoms with Gasteiger partial charge >= 0.3 is 0 Å². The number of rotatable bonds is 7. The molecule has 0 saturated carbocycles. The van der Waals surface area contributed by atoms with Crippen LogP contribution < -0.4 is 0 Å². The summed E-state index contributed by atoms with van der Waals surface area (Å²) in [5, 5.41) is 19.0. The molecule has 96 valence electrons. The van der Waals surface area contributed by atoms with Crippen molar-refractivity contribution in [3.63, 3.8) is 0 Å². The Bertz CT molecular complexity index is 300. The lowest BCUT2D eigenvalue weighted by atomic mass is 10.1. The minimum atomic E-state index is -0.420. The highest BCUT2D eigenvalue weighted by molar-refractivity contribution is 5.17. The fourth-order valence-corrected chi connectivity index (χ4v) is 1.89. The van der Waals surface area contributed by atoms with E-state index in [1.807, 2.05) is 30.3 Å². The Morgan fingerprint density at radius 2 is 1.76 bits per heavy atom. The first-order valence-electron chi connectivity index (χ1n) is 6.23. The van der Waals surface area contributed by atoms with E-state index in [0.29, 0.717) is 19.0 Å². The van der Waals surface area contributed by atoms with Crippen molar-refractivity contribution in [2.75, 3.05) is 19.7 Å². The largest absolute Gasteiger partial charge is 0.395 e. The Morgan fingerprint density at radius 3 is 2.29 bits per heavy atom. The zero-order chi connectivity index (χ0) is 12.7. The van der Waals surface area contributed by atoms with Gasteiger partial charge in [0.05, 0.1) is 12.7 Å². The van der Waals surface area contributed by atoms with Crippen molar-refractivity contribution < 1.29 is 10.2 Å². The molecule has 0 amide bonds. The lowest BCUT2D eigenvalue weighted by Crippen LogP contribution is -2.35. The molecular formula is C14H23NO2. The van der Waals surface area contributed by atoms with Gasteiger partial charge in [-0.15, -0.1) is 0 Å². The molecule has 0 fully saturated rings. The highest BCUT2D eigenvalue weighted by atomic mass is 16.3. The Hall–Kier alpha value is -0.900. The van der Waals surface area contributed by atoms with Gasteiger partial charge in [0.15, 0.2) is 0 Å². The molecule has 0 saturated heterocycles. The molecule has 3 heteroatoms. The third-order valence-corrected chi connectivity index (χ3v) is 2.99. The number of hydrogen-bond donors (Lipinski definition) is 2. The fourth-order valence-electron chi connectivity index (χ4n) is 1.89. The molecule has 0 aromatic heterocycles. The van der Waals surface area contributed by atoms with Crippen LogP contribution in [-0.4, -0.2) is 40.9 Å². The summed E-state index contributed by atoms with van der Waals surface area (Å²) in [6.45, 7) is 5.84. The molecule has 17 heavy (non-hydrogen) atoms. The zero-order valence-electron chi connectivity index (χ0n) is 10.7. The molecule has 0 aliphatic rings. The standard InChI is InChI=1S/C14H23NO2/c1-12(2)15(10-11-16)9-8-14(17)13-6-4-3-5-7-13/h3-7,12,14,16-17H,8-11H2,1-2H3. The van der Waals surface area contributed by atoms with Crippen molar-refractivity contribution >= 4 is 0 Å². The molecule has 1 atom stereocenters. The van der Waals surface area contributed by atoms with Crippen molar-refractivity contribution in [1.29, 1.82) is 0 Å². The molecule has 0 spiro atoms. The molecule has 0 aliphatic heterocycles. The maximum atomic E-state index is 10.0. The predicted octanol–water partition coefficient (Wildman–Crippen LogP) is 1.81. The monoisotopic (exact) mass is 237 g/mol. The fraction of sp³-hybridized carbons (Fsp3) is 0.571. The number of benzene rings is 1. The minimum absolute atomic E-state index is 0.166. The van der Waals surface area contributed by atoms with E-state index < -0.39 is 6.10 Å². The first-order chi connectivity index (χ1) is 8.15. The van der Waals surface area contributed by atoms with Crippen molar-refractivity contribution in [3.8, 4) is 0 Å². The van der Waals surface area contributed by atoms with E-state index in [1.54, 1.807) is 0 Å². The second-order valence-electron chi connectivity index (χ2n) is 4.57. The third kappa shape index (κ3) is 4.86. The summed E-state index contributed by atoms with van der Waals surface area (Å²) in [6.07, 6.45) is 0.276. The number of hydrogen-bond acceptors (Lipinski definition) is 3. The molecule has 1 aromatic carbocycles. The van der Waals surface area contributed by atoms with Gasteiger partial charge in [0.2, 0.25) is 0 Å². The molecule has 3 nitrogen and oxygen atoms in total. The van der Waals surface area contributed by atoms with Gasteiger partial charge in [-0.05, 0) is 25.8 Å². The van der Waals surface area contributed by atoms with E-state index >= 15 is 0 Å². The van der Waals surface area contributed by atoms with Gasteiger partial charge in [-0.25, -0.2) is 0 Å². The molecule has 1 unspecified atom stereocenters. The average Bonchev–Trinajstić information content (AvgIpc) is 2.34. The van der Waals surface area contributed by atoms with Crippen LogP contribution in [0.3, 0.4) is 0 Å². The second kappa shape index (κ2) is 7.43. The summed E-state index contributed by atoms with van der Waals surface area (Å²) in [7, 11) is 0. The van der Waals surface area contributed by atoms with Gasteiger partial charge in [-0.1, -0.05) is 30.3 Å². The predicted molar refractivity (Wildman–Crippen MR) is 69.8 cm³/mol. The summed E-state index contributed by atoms with van der Waals surface area (Å²) in [6, 6.07) is 10.1. The van der Waals surface area contributed by atoms with E-state index in [4.69, 9.17) is 5.11 Å². The number of nitrogens with zero attached hydrogens (tertiary/aromatic N) is 1. The molecule has 0 bridgehead atoms. The van der Waals surface area contributed by atoms with Crippen LogP contribution in [0.2, 0.25) is 0 Å². The summed E-state index contributed by atoms with van der Waals surface area (Å²) < 4.78 is 0. The second-order valence-corrected chi connectivity index (χ2v) is 4.57. The summed E-state index contributed by atoms with van der Waals surface area (Å²) >= 11 is 0. The topological polar surface area (TPSA) is 43.7 Å². The van der Waals surface area contributed by atoms with Crippen LogP contribution in [0.4, 0.5) is 0 Å². The van der Waals surface area contributed by atoms with E-state index in [9.17, 15) is 5.11 Å². The van der Waals surface area contributed by atoms with E-state index in [2.05, 4.69) is 18.7 Å². The van der Waals surface area contributed by atoms with Gasteiger partial charge in [-0.3, -0.25) is 4.90 Å². The van der Waals surface area contributed by atoms with Crippen molar-refractivity contribution in [1.82, 2.24) is 4.90 Å². The normalized spacial score (nSPS) is 13.3. The Kier molecular flexibility index (Phi) is 6.19. The molecular weight excluding hydrogens is 214 g/mol. The van der Waals surface area contributed by atoms with E-state index in [-0.39, 0.29) is 6.61 Å². The number of aliphatic hydroxyl groups excluding tert-OH is 2. The van der Waals surface area contributed by atoms with Gasteiger partial charge < -0.3 is 10.2 Å². The molecule has 0 radical (unpaired) electrons. The maximum absolute atomic E-state index is 10.0. The lowest BCUT2D eigenvalue weighted by molar-refractivity contribution is 0.116. The smallest absolute Gasteiger partial charge is 0.0802 e. The van der Waals surface area contributed by atoms with Crippen molar-refractivity contribution in [2.45, 2.75) is 32.4 Å². The van der Waals surface area contributed by atoms with Crippen LogP contribution in [0.15, 0.2) is 30.3 Å². The lowest BCUT2D eigenvalue weighted by Gasteiger charge is -2.26. The summed E-state index contributed by atoms with van der Waals surface area (Å²) in [5.41, 5.74) is 0.959. The van der Waals surface area contributed by atoms with Crippen LogP contribution in [0.1, 0.15) is 31.9 Å². The first-order valence-corrected chi connectivity index (χ1v) is 6.23. The number of aliphatic hydroxyl groups is 2. The van der Waals surface area contributed by atoms with Crippen molar-refractivity contribution in [2.24, 2.45) is 0 Å². The van der Waals surface area contributed by atoms with Crippen LogP contribution in [0.25, 0.3) is 0 Å². The van der Waals surface area contributed by atoms with Gasteiger partial charge in [0, 0.05) is 19.1 Å². The van der Waals surface area contributed by atoms with Crippen LogP contribution in [0.5, 0.6) is 0 Å². The van der Waals surface area contributed by atoms with Crippen LogP contribution in [0, 0.1) is 0 Å². The quantitative estimate of drug-likeness (QED) is 0.760. The zero-order valence-corrected chi connectivity index (χ0v) is 10.7. The Labute approximate surface area is 104 Å². The third-order valence-electron chi connectivity index (χ3n) is 2.99. The minimum Gasteiger partial charge on any atom is -0.395 e. The maximum Gasteiger partial charge on any atom is 0.0802 e. The van der Waals surface area contributed by atoms with Gasteiger partial charge in [0.25, 0.3) is 0 Å². The van der Waals surface area contributed by atoms with E-state index in [1.165, 1.54) is 0 Å². The molecule has 0 heterocycles. The van der Waals surface area contributed by atoms with Crippen molar-refractivity contribution in [3.05, 3.63) is 35.9 Å². The molecule has 0 aliphatic carbocycles.